The monoisotopic (exact) mass is 498 g/mol. The summed E-state index contributed by atoms with van der Waals surface area (Å²) in [5.74, 6) is 0.0953. The zero-order valence-electron chi connectivity index (χ0n) is 20.8. The van der Waals surface area contributed by atoms with Crippen LogP contribution in [0.1, 0.15) is 48.7 Å². The Hall–Kier alpha value is -3.00. The summed E-state index contributed by atoms with van der Waals surface area (Å²) in [5.41, 5.74) is 2.06. The number of halogens is 3. The standard InChI is InChI=1S/C28H33F3N4O/c1-20(2)32-15-17-34(18-16-32)27(36)22-3-8-26-21(19-22)9-14-35(26)25-10-12-33(13-11-25)24-6-4-23(5-7-24)28(29,30)31/h3-9,14,19-20,25H,10-13,15-18H2,1-2H3. The van der Waals surface area contributed by atoms with Crippen LogP contribution in [0.2, 0.25) is 0 Å². The number of benzene rings is 2. The van der Waals surface area contributed by atoms with Gasteiger partial charge in [0.2, 0.25) is 0 Å². The number of anilines is 1. The lowest BCUT2D eigenvalue weighted by Gasteiger charge is -2.37. The predicted molar refractivity (Wildman–Crippen MR) is 136 cm³/mol. The van der Waals surface area contributed by atoms with Crippen molar-refractivity contribution in [3.05, 3.63) is 65.9 Å². The molecule has 0 spiro atoms. The van der Waals surface area contributed by atoms with Gasteiger partial charge in [-0.2, -0.15) is 13.2 Å². The SMILES string of the molecule is CC(C)N1CCN(C(=O)c2ccc3c(ccn3C3CCN(c4ccc(C(F)(F)F)cc4)CC3)c2)CC1. The molecule has 0 bridgehead atoms. The van der Waals surface area contributed by atoms with Gasteiger partial charge in [0.1, 0.15) is 0 Å². The molecular weight excluding hydrogens is 465 g/mol. The molecule has 0 N–H and O–H groups in total. The summed E-state index contributed by atoms with van der Waals surface area (Å²) in [7, 11) is 0. The summed E-state index contributed by atoms with van der Waals surface area (Å²) in [5, 5.41) is 1.06. The summed E-state index contributed by atoms with van der Waals surface area (Å²) in [6, 6.07) is 14.3. The van der Waals surface area contributed by atoms with Crippen molar-refractivity contribution in [1.82, 2.24) is 14.4 Å². The number of hydrogen-bond donors (Lipinski definition) is 0. The van der Waals surface area contributed by atoms with Gasteiger partial charge in [0, 0.05) is 79.7 Å². The average molecular weight is 499 g/mol. The van der Waals surface area contributed by atoms with Gasteiger partial charge in [-0.15, -0.1) is 0 Å². The maximum atomic E-state index is 13.1. The van der Waals surface area contributed by atoms with E-state index in [2.05, 4.69) is 46.5 Å². The van der Waals surface area contributed by atoms with E-state index in [0.717, 1.165) is 86.4 Å². The first-order valence-corrected chi connectivity index (χ1v) is 12.8. The summed E-state index contributed by atoms with van der Waals surface area (Å²) in [6.45, 7) is 9.29. The molecule has 2 aliphatic rings. The average Bonchev–Trinajstić information content (AvgIpc) is 3.31. The normalized spacial score (nSPS) is 18.4. The summed E-state index contributed by atoms with van der Waals surface area (Å²) in [4.78, 5) is 19.6. The minimum absolute atomic E-state index is 0.0953. The van der Waals surface area contributed by atoms with Crippen molar-refractivity contribution in [3.8, 4) is 0 Å². The quantitative estimate of drug-likeness (QED) is 0.465. The van der Waals surface area contributed by atoms with Gasteiger partial charge in [-0.1, -0.05) is 0 Å². The number of rotatable bonds is 4. The molecule has 5 nitrogen and oxygen atoms in total. The van der Waals surface area contributed by atoms with Crippen molar-refractivity contribution in [3.63, 3.8) is 0 Å². The number of piperazine rings is 1. The molecule has 3 heterocycles. The molecule has 36 heavy (non-hydrogen) atoms. The molecule has 3 aromatic rings. The Morgan fingerprint density at radius 2 is 1.56 bits per heavy atom. The minimum atomic E-state index is -4.31. The molecule has 2 aromatic carbocycles. The zero-order chi connectivity index (χ0) is 25.4. The van der Waals surface area contributed by atoms with Crippen LogP contribution >= 0.6 is 0 Å². The van der Waals surface area contributed by atoms with Crippen LogP contribution in [-0.2, 0) is 6.18 Å². The number of hydrogen-bond acceptors (Lipinski definition) is 3. The fourth-order valence-electron chi connectivity index (χ4n) is 5.50. The highest BCUT2D eigenvalue weighted by molar-refractivity contribution is 5.98. The van der Waals surface area contributed by atoms with E-state index in [1.807, 2.05) is 17.0 Å². The van der Waals surface area contributed by atoms with Gasteiger partial charge in [-0.05, 0) is 75.2 Å². The van der Waals surface area contributed by atoms with Crippen molar-refractivity contribution in [2.75, 3.05) is 44.2 Å². The molecule has 2 aliphatic heterocycles. The fraction of sp³-hybridized carbons (Fsp3) is 0.464. The van der Waals surface area contributed by atoms with Crippen molar-refractivity contribution in [2.45, 2.75) is 44.9 Å². The predicted octanol–water partition coefficient (Wildman–Crippen LogP) is 5.67. The van der Waals surface area contributed by atoms with Gasteiger partial charge in [0.25, 0.3) is 5.91 Å². The smallest absolute Gasteiger partial charge is 0.371 e. The van der Waals surface area contributed by atoms with Crippen molar-refractivity contribution in [2.24, 2.45) is 0 Å². The van der Waals surface area contributed by atoms with E-state index in [1.54, 1.807) is 12.1 Å². The Kier molecular flexibility index (Phi) is 6.72. The maximum Gasteiger partial charge on any atom is 0.416 e. The molecular formula is C28H33F3N4O. The molecule has 1 amide bonds. The number of piperidine rings is 1. The minimum Gasteiger partial charge on any atom is -0.371 e. The molecule has 0 aliphatic carbocycles. The van der Waals surface area contributed by atoms with E-state index in [0.29, 0.717) is 12.1 Å². The third-order valence-corrected chi connectivity index (χ3v) is 7.72. The van der Waals surface area contributed by atoms with Gasteiger partial charge in [0.05, 0.1) is 5.56 Å². The highest BCUT2D eigenvalue weighted by atomic mass is 19.4. The van der Waals surface area contributed by atoms with Crippen molar-refractivity contribution in [1.29, 1.82) is 0 Å². The van der Waals surface area contributed by atoms with Gasteiger partial charge >= 0.3 is 6.18 Å². The Morgan fingerprint density at radius 3 is 2.17 bits per heavy atom. The number of carbonyl (C=O) groups is 1. The molecule has 0 radical (unpaired) electrons. The topological polar surface area (TPSA) is 31.7 Å². The molecule has 2 saturated heterocycles. The lowest BCUT2D eigenvalue weighted by molar-refractivity contribution is -0.137. The Bertz CT molecular complexity index is 1200. The number of aromatic nitrogens is 1. The van der Waals surface area contributed by atoms with E-state index in [-0.39, 0.29) is 5.91 Å². The van der Waals surface area contributed by atoms with Crippen LogP contribution in [0.5, 0.6) is 0 Å². The lowest BCUT2D eigenvalue weighted by Crippen LogP contribution is -2.50. The third-order valence-electron chi connectivity index (χ3n) is 7.72. The van der Waals surface area contributed by atoms with Crippen LogP contribution in [0.25, 0.3) is 10.9 Å². The van der Waals surface area contributed by atoms with E-state index in [4.69, 9.17) is 0 Å². The van der Waals surface area contributed by atoms with E-state index >= 15 is 0 Å². The van der Waals surface area contributed by atoms with Crippen LogP contribution in [-0.4, -0.2) is 65.6 Å². The Morgan fingerprint density at radius 1 is 0.889 bits per heavy atom. The van der Waals surface area contributed by atoms with Gasteiger partial charge in [-0.25, -0.2) is 0 Å². The van der Waals surface area contributed by atoms with Crippen LogP contribution in [0.4, 0.5) is 18.9 Å². The summed E-state index contributed by atoms with van der Waals surface area (Å²) < 4.78 is 40.9. The maximum absolute atomic E-state index is 13.1. The molecule has 0 saturated carbocycles. The molecule has 2 fully saturated rings. The molecule has 192 valence electrons. The summed E-state index contributed by atoms with van der Waals surface area (Å²) in [6.07, 6.45) is -0.399. The molecule has 0 atom stereocenters. The van der Waals surface area contributed by atoms with Gasteiger partial charge < -0.3 is 14.4 Å². The zero-order valence-corrected chi connectivity index (χ0v) is 20.8. The number of alkyl halides is 3. The number of nitrogens with zero attached hydrogens (tertiary/aromatic N) is 4. The molecule has 0 unspecified atom stereocenters. The van der Waals surface area contributed by atoms with E-state index in [9.17, 15) is 18.0 Å². The van der Waals surface area contributed by atoms with Crippen LogP contribution < -0.4 is 4.90 Å². The van der Waals surface area contributed by atoms with E-state index in [1.165, 1.54) is 0 Å². The van der Waals surface area contributed by atoms with Crippen LogP contribution in [0.15, 0.2) is 54.7 Å². The second-order valence-electron chi connectivity index (χ2n) is 10.2. The molecule has 8 heteroatoms. The molecule has 1 aromatic heterocycles. The Balaban J connectivity index is 1.23. The number of amides is 1. The lowest BCUT2D eigenvalue weighted by atomic mass is 10.0. The first-order valence-electron chi connectivity index (χ1n) is 12.8. The van der Waals surface area contributed by atoms with Crippen molar-refractivity contribution >= 4 is 22.5 Å². The first-order chi connectivity index (χ1) is 17.2. The largest absolute Gasteiger partial charge is 0.416 e. The highest BCUT2D eigenvalue weighted by Gasteiger charge is 2.30. The van der Waals surface area contributed by atoms with Gasteiger partial charge in [0.15, 0.2) is 0 Å². The second kappa shape index (κ2) is 9.81. The van der Waals surface area contributed by atoms with Gasteiger partial charge in [-0.3, -0.25) is 9.69 Å². The van der Waals surface area contributed by atoms with E-state index < -0.39 is 11.7 Å². The first kappa shape index (κ1) is 24.7. The van der Waals surface area contributed by atoms with Crippen molar-refractivity contribution < 1.29 is 18.0 Å². The second-order valence-corrected chi connectivity index (χ2v) is 10.2. The number of fused-ring (bicyclic) bond motifs is 1. The third kappa shape index (κ3) is 4.96. The van der Waals surface area contributed by atoms with Crippen LogP contribution in [0, 0.1) is 0 Å². The molecule has 5 rings (SSSR count). The Labute approximate surface area is 210 Å². The highest BCUT2D eigenvalue weighted by Crippen LogP contribution is 2.33. The fourth-order valence-corrected chi connectivity index (χ4v) is 5.50. The van der Waals surface area contributed by atoms with Crippen LogP contribution in [0.3, 0.4) is 0 Å². The summed E-state index contributed by atoms with van der Waals surface area (Å²) >= 11 is 0. The number of carbonyl (C=O) groups excluding carboxylic acids is 1.